The van der Waals surface area contributed by atoms with Crippen molar-refractivity contribution >= 4 is 10.9 Å². The van der Waals surface area contributed by atoms with Crippen LogP contribution in [-0.2, 0) is 6.54 Å². The lowest BCUT2D eigenvalue weighted by atomic mass is 10.1. The van der Waals surface area contributed by atoms with Crippen molar-refractivity contribution in [2.45, 2.75) is 6.54 Å². The fourth-order valence-electron chi connectivity index (χ4n) is 2.77. The molecule has 19 heavy (non-hydrogen) atoms. The van der Waals surface area contributed by atoms with Gasteiger partial charge in [0.1, 0.15) is 0 Å². The zero-order valence-corrected chi connectivity index (χ0v) is 11.2. The molecule has 4 heteroatoms. The Balaban J connectivity index is 1.59. The molecule has 0 bridgehead atoms. The van der Waals surface area contributed by atoms with Crippen LogP contribution in [0, 0.1) is 0 Å². The van der Waals surface area contributed by atoms with E-state index in [1.807, 2.05) is 6.20 Å². The predicted octanol–water partition coefficient (Wildman–Crippen LogP) is 1.28. The molecule has 0 amide bonds. The molecule has 0 saturated carbocycles. The molecule has 2 heterocycles. The highest BCUT2D eigenvalue weighted by atomic mass is 16.3. The molecule has 1 aliphatic rings. The van der Waals surface area contributed by atoms with E-state index in [0.29, 0.717) is 0 Å². The van der Waals surface area contributed by atoms with Crippen LogP contribution in [0.4, 0.5) is 0 Å². The van der Waals surface area contributed by atoms with Gasteiger partial charge in [-0.05, 0) is 29.1 Å². The molecule has 1 fully saturated rings. The quantitative estimate of drug-likeness (QED) is 0.869. The minimum absolute atomic E-state index is 0.268. The third kappa shape index (κ3) is 2.97. The number of aliphatic hydroxyl groups is 1. The van der Waals surface area contributed by atoms with Crippen molar-refractivity contribution in [2.75, 3.05) is 39.3 Å². The van der Waals surface area contributed by atoms with Crippen LogP contribution in [0.3, 0.4) is 0 Å². The Kier molecular flexibility index (Phi) is 3.82. The number of nitrogens with zero attached hydrogens (tertiary/aromatic N) is 2. The van der Waals surface area contributed by atoms with Gasteiger partial charge in [0.25, 0.3) is 0 Å². The van der Waals surface area contributed by atoms with E-state index < -0.39 is 0 Å². The second kappa shape index (κ2) is 5.74. The molecule has 0 atom stereocenters. The van der Waals surface area contributed by atoms with Crippen molar-refractivity contribution in [2.24, 2.45) is 0 Å². The topological polar surface area (TPSA) is 42.5 Å². The predicted molar refractivity (Wildman–Crippen MR) is 77.1 cm³/mol. The maximum atomic E-state index is 8.94. The number of aromatic amines is 1. The molecule has 2 N–H and O–H groups in total. The highest BCUT2D eigenvalue weighted by molar-refractivity contribution is 5.79. The molecule has 0 aliphatic carbocycles. The SMILES string of the molecule is OCCN1CCN(Cc2ccc3[nH]ccc3c2)CC1. The number of rotatable bonds is 4. The molecule has 0 unspecified atom stereocenters. The van der Waals surface area contributed by atoms with E-state index in [9.17, 15) is 0 Å². The van der Waals surface area contributed by atoms with Gasteiger partial charge in [-0.3, -0.25) is 9.80 Å². The molecule has 1 aromatic heterocycles. The summed E-state index contributed by atoms with van der Waals surface area (Å²) in [6.07, 6.45) is 1.99. The second-order valence-corrected chi connectivity index (χ2v) is 5.24. The maximum Gasteiger partial charge on any atom is 0.0558 e. The molecule has 0 radical (unpaired) electrons. The van der Waals surface area contributed by atoms with Crippen molar-refractivity contribution in [3.05, 3.63) is 36.0 Å². The summed E-state index contributed by atoms with van der Waals surface area (Å²) in [6.45, 7) is 6.40. The first-order valence-electron chi connectivity index (χ1n) is 6.97. The van der Waals surface area contributed by atoms with Gasteiger partial charge < -0.3 is 10.1 Å². The number of aromatic nitrogens is 1. The van der Waals surface area contributed by atoms with Crippen LogP contribution < -0.4 is 0 Å². The van der Waals surface area contributed by atoms with Crippen molar-refractivity contribution in [1.29, 1.82) is 0 Å². The summed E-state index contributed by atoms with van der Waals surface area (Å²) in [5, 5.41) is 10.2. The Morgan fingerprint density at radius 2 is 1.84 bits per heavy atom. The minimum atomic E-state index is 0.268. The number of β-amino-alcohol motifs (C(OH)–C–C–N with tert-alkyl or cyclic N) is 1. The lowest BCUT2D eigenvalue weighted by molar-refractivity contribution is 0.108. The zero-order chi connectivity index (χ0) is 13.1. The van der Waals surface area contributed by atoms with Crippen molar-refractivity contribution in [3.8, 4) is 0 Å². The van der Waals surface area contributed by atoms with Crippen molar-refractivity contribution < 1.29 is 5.11 Å². The van der Waals surface area contributed by atoms with E-state index in [1.54, 1.807) is 0 Å². The van der Waals surface area contributed by atoms with Gasteiger partial charge in [-0.25, -0.2) is 0 Å². The van der Waals surface area contributed by atoms with Crippen molar-refractivity contribution in [3.63, 3.8) is 0 Å². The van der Waals surface area contributed by atoms with Gasteiger partial charge >= 0.3 is 0 Å². The number of hydrogen-bond donors (Lipinski definition) is 2. The first kappa shape index (κ1) is 12.7. The maximum absolute atomic E-state index is 8.94. The first-order valence-corrected chi connectivity index (χ1v) is 6.97. The first-order chi connectivity index (χ1) is 9.35. The third-order valence-electron chi connectivity index (χ3n) is 3.91. The van der Waals surface area contributed by atoms with Crippen LogP contribution in [0.15, 0.2) is 30.5 Å². The summed E-state index contributed by atoms with van der Waals surface area (Å²) in [6, 6.07) is 8.76. The smallest absolute Gasteiger partial charge is 0.0558 e. The molecule has 1 aromatic carbocycles. The summed E-state index contributed by atoms with van der Waals surface area (Å²) < 4.78 is 0. The Hall–Kier alpha value is -1.36. The van der Waals surface area contributed by atoms with Crippen LogP contribution in [0.1, 0.15) is 5.56 Å². The summed E-state index contributed by atoms with van der Waals surface area (Å²) in [5.74, 6) is 0. The lowest BCUT2D eigenvalue weighted by Crippen LogP contribution is -2.46. The highest BCUT2D eigenvalue weighted by Crippen LogP contribution is 2.16. The average molecular weight is 259 g/mol. The van der Waals surface area contributed by atoms with Gasteiger partial charge in [0.2, 0.25) is 0 Å². The summed E-state index contributed by atoms with van der Waals surface area (Å²) >= 11 is 0. The van der Waals surface area contributed by atoms with Gasteiger partial charge in [0, 0.05) is 51.0 Å². The molecular formula is C15H21N3O. The standard InChI is InChI=1S/C15H21N3O/c19-10-9-17-5-7-18(8-6-17)12-13-1-2-15-14(11-13)3-4-16-15/h1-4,11,16,19H,5-10,12H2. The Labute approximate surface area is 113 Å². The number of benzene rings is 1. The van der Waals surface area contributed by atoms with Crippen LogP contribution in [-0.4, -0.2) is 59.2 Å². The number of hydrogen-bond acceptors (Lipinski definition) is 3. The van der Waals surface area contributed by atoms with E-state index in [-0.39, 0.29) is 6.61 Å². The molecule has 3 rings (SSSR count). The molecule has 1 saturated heterocycles. The number of H-pyrrole nitrogens is 1. The molecule has 4 nitrogen and oxygen atoms in total. The van der Waals surface area contributed by atoms with E-state index in [2.05, 4.69) is 39.0 Å². The van der Waals surface area contributed by atoms with Gasteiger partial charge in [-0.2, -0.15) is 0 Å². The molecular weight excluding hydrogens is 238 g/mol. The largest absolute Gasteiger partial charge is 0.395 e. The zero-order valence-electron chi connectivity index (χ0n) is 11.2. The molecule has 1 aliphatic heterocycles. The van der Waals surface area contributed by atoms with Gasteiger partial charge in [-0.15, -0.1) is 0 Å². The lowest BCUT2D eigenvalue weighted by Gasteiger charge is -2.34. The number of nitrogens with one attached hydrogen (secondary N) is 1. The second-order valence-electron chi connectivity index (χ2n) is 5.24. The molecule has 2 aromatic rings. The number of aliphatic hydroxyl groups excluding tert-OH is 1. The third-order valence-corrected chi connectivity index (χ3v) is 3.91. The average Bonchev–Trinajstić information content (AvgIpc) is 2.89. The Morgan fingerprint density at radius 3 is 2.63 bits per heavy atom. The van der Waals surface area contributed by atoms with Gasteiger partial charge in [0.15, 0.2) is 0 Å². The fourth-order valence-corrected chi connectivity index (χ4v) is 2.77. The Morgan fingerprint density at radius 1 is 1.05 bits per heavy atom. The summed E-state index contributed by atoms with van der Waals surface area (Å²) in [5.41, 5.74) is 2.58. The van der Waals surface area contributed by atoms with Crippen molar-refractivity contribution in [1.82, 2.24) is 14.8 Å². The van der Waals surface area contributed by atoms with Crippen LogP contribution in [0.2, 0.25) is 0 Å². The van der Waals surface area contributed by atoms with E-state index in [0.717, 1.165) is 39.3 Å². The monoisotopic (exact) mass is 259 g/mol. The minimum Gasteiger partial charge on any atom is -0.395 e. The fraction of sp³-hybridized carbons (Fsp3) is 0.467. The molecule has 0 spiro atoms. The molecule has 102 valence electrons. The number of fused-ring (bicyclic) bond motifs is 1. The normalized spacial score (nSPS) is 18.2. The van der Waals surface area contributed by atoms with Crippen LogP contribution >= 0.6 is 0 Å². The van der Waals surface area contributed by atoms with Crippen LogP contribution in [0.5, 0.6) is 0 Å². The number of piperazine rings is 1. The van der Waals surface area contributed by atoms with E-state index in [4.69, 9.17) is 5.11 Å². The highest BCUT2D eigenvalue weighted by Gasteiger charge is 2.16. The van der Waals surface area contributed by atoms with Crippen LogP contribution in [0.25, 0.3) is 10.9 Å². The van der Waals surface area contributed by atoms with Gasteiger partial charge in [0.05, 0.1) is 6.61 Å². The van der Waals surface area contributed by atoms with Gasteiger partial charge in [-0.1, -0.05) is 6.07 Å². The Bertz CT molecular complexity index is 529. The van der Waals surface area contributed by atoms with E-state index >= 15 is 0 Å². The van der Waals surface area contributed by atoms with E-state index in [1.165, 1.54) is 16.5 Å². The summed E-state index contributed by atoms with van der Waals surface area (Å²) in [4.78, 5) is 8.04. The summed E-state index contributed by atoms with van der Waals surface area (Å²) in [7, 11) is 0.